The molecule has 0 saturated heterocycles. The van der Waals surface area contributed by atoms with Crippen molar-refractivity contribution in [3.8, 4) is 11.5 Å². The minimum Gasteiger partial charge on any atom is -0.493 e. The Hall–Kier alpha value is -2.31. The van der Waals surface area contributed by atoms with Gasteiger partial charge in [0.05, 0.1) is 12.5 Å². The van der Waals surface area contributed by atoms with Gasteiger partial charge in [0, 0.05) is 16.8 Å². The molecule has 0 amide bonds. The molecule has 0 aliphatic heterocycles. The highest BCUT2D eigenvalue weighted by Gasteiger charge is 2.15. The minimum absolute atomic E-state index is 0.454. The molecule has 8 heteroatoms. The van der Waals surface area contributed by atoms with Crippen LogP contribution >= 0.6 is 23.2 Å². The van der Waals surface area contributed by atoms with E-state index in [1.54, 1.807) is 31.4 Å². The largest absolute Gasteiger partial charge is 0.493 e. The summed E-state index contributed by atoms with van der Waals surface area (Å²) in [6, 6.07) is 10.8. The standard InChI is InChI=1S/C17H16Cl2N4O2/c1-3-16(19)25-15-9-13-12(8-14(15)24-2)17(22-23-21-13)20-11-6-4-5-10(18)7-11/h4-9,16H,3H2,1-2H3,(H,20,21,22). The number of nitrogens with one attached hydrogen (secondary N) is 1. The van der Waals surface area contributed by atoms with Gasteiger partial charge in [-0.3, -0.25) is 0 Å². The fraction of sp³-hybridized carbons (Fsp3) is 0.235. The molecule has 1 aromatic heterocycles. The summed E-state index contributed by atoms with van der Waals surface area (Å²) in [7, 11) is 1.56. The summed E-state index contributed by atoms with van der Waals surface area (Å²) in [6.07, 6.45) is 0.659. The molecule has 1 atom stereocenters. The lowest BCUT2D eigenvalue weighted by atomic mass is 10.2. The number of benzene rings is 2. The molecule has 0 bridgehead atoms. The van der Waals surface area contributed by atoms with E-state index < -0.39 is 5.56 Å². The molecule has 0 spiro atoms. The third-order valence-corrected chi connectivity index (χ3v) is 4.13. The number of hydrogen-bond donors (Lipinski definition) is 1. The Labute approximate surface area is 155 Å². The van der Waals surface area contributed by atoms with Gasteiger partial charge in [0.1, 0.15) is 5.52 Å². The molecule has 0 saturated carbocycles. The second kappa shape index (κ2) is 7.72. The Morgan fingerprint density at radius 1 is 1.16 bits per heavy atom. The fourth-order valence-electron chi connectivity index (χ4n) is 2.26. The van der Waals surface area contributed by atoms with Crippen LogP contribution in [0.25, 0.3) is 10.9 Å². The van der Waals surface area contributed by atoms with Crippen LogP contribution in [-0.2, 0) is 0 Å². The third-order valence-electron chi connectivity index (χ3n) is 3.50. The number of ether oxygens (including phenoxy) is 2. The number of fused-ring (bicyclic) bond motifs is 1. The summed E-state index contributed by atoms with van der Waals surface area (Å²) in [5.41, 5.74) is 0.945. The van der Waals surface area contributed by atoms with Gasteiger partial charge in [0.15, 0.2) is 22.9 Å². The highest BCUT2D eigenvalue weighted by Crippen LogP contribution is 2.35. The summed E-state index contributed by atoms with van der Waals surface area (Å²) >= 11 is 12.1. The number of nitrogens with zero attached hydrogens (tertiary/aromatic N) is 3. The molecule has 6 nitrogen and oxygen atoms in total. The predicted molar refractivity (Wildman–Crippen MR) is 99.2 cm³/mol. The predicted octanol–water partition coefficient (Wildman–Crippen LogP) is 4.78. The van der Waals surface area contributed by atoms with Gasteiger partial charge in [0.2, 0.25) is 0 Å². The van der Waals surface area contributed by atoms with Gasteiger partial charge < -0.3 is 14.8 Å². The number of hydrogen-bond acceptors (Lipinski definition) is 6. The lowest BCUT2D eigenvalue weighted by molar-refractivity contribution is 0.261. The molecule has 3 rings (SSSR count). The van der Waals surface area contributed by atoms with Crippen LogP contribution in [0.4, 0.5) is 11.5 Å². The van der Waals surface area contributed by atoms with Gasteiger partial charge in [0.25, 0.3) is 0 Å². The monoisotopic (exact) mass is 378 g/mol. The second-order valence-electron chi connectivity index (χ2n) is 5.23. The lowest BCUT2D eigenvalue weighted by Crippen LogP contribution is -2.08. The summed E-state index contributed by atoms with van der Waals surface area (Å²) < 4.78 is 11.1. The van der Waals surface area contributed by atoms with Gasteiger partial charge in [-0.05, 0) is 35.9 Å². The van der Waals surface area contributed by atoms with Crippen molar-refractivity contribution in [2.24, 2.45) is 0 Å². The van der Waals surface area contributed by atoms with Gasteiger partial charge in [-0.2, -0.15) is 0 Å². The maximum atomic E-state index is 6.08. The van der Waals surface area contributed by atoms with E-state index in [1.807, 2.05) is 19.1 Å². The van der Waals surface area contributed by atoms with Gasteiger partial charge in [-0.15, -0.1) is 10.2 Å². The average Bonchev–Trinajstić information content (AvgIpc) is 2.61. The topological polar surface area (TPSA) is 69.2 Å². The average molecular weight is 379 g/mol. The van der Waals surface area contributed by atoms with Gasteiger partial charge >= 0.3 is 0 Å². The van der Waals surface area contributed by atoms with Crippen molar-refractivity contribution in [1.29, 1.82) is 0 Å². The molecular formula is C17H16Cl2N4O2. The first-order chi connectivity index (χ1) is 12.1. The van der Waals surface area contributed by atoms with Crippen molar-refractivity contribution >= 4 is 45.6 Å². The first-order valence-corrected chi connectivity index (χ1v) is 8.46. The highest BCUT2D eigenvalue weighted by atomic mass is 35.5. The van der Waals surface area contributed by atoms with Crippen molar-refractivity contribution in [2.75, 3.05) is 12.4 Å². The van der Waals surface area contributed by atoms with Crippen LogP contribution in [0, 0.1) is 0 Å². The van der Waals surface area contributed by atoms with Crippen molar-refractivity contribution in [2.45, 2.75) is 18.9 Å². The van der Waals surface area contributed by atoms with E-state index in [2.05, 4.69) is 20.7 Å². The first kappa shape index (κ1) is 17.5. The fourth-order valence-corrected chi connectivity index (χ4v) is 2.55. The quantitative estimate of drug-likeness (QED) is 0.622. The van der Waals surface area contributed by atoms with Crippen molar-refractivity contribution in [3.05, 3.63) is 41.4 Å². The Morgan fingerprint density at radius 2 is 2.00 bits per heavy atom. The molecule has 0 fully saturated rings. The van der Waals surface area contributed by atoms with Crippen molar-refractivity contribution < 1.29 is 9.47 Å². The van der Waals surface area contributed by atoms with E-state index in [0.717, 1.165) is 11.1 Å². The van der Waals surface area contributed by atoms with Crippen molar-refractivity contribution in [1.82, 2.24) is 15.4 Å². The van der Waals surface area contributed by atoms with Crippen LogP contribution in [0.3, 0.4) is 0 Å². The normalized spacial score (nSPS) is 12.0. The molecule has 2 aromatic carbocycles. The molecule has 1 unspecified atom stereocenters. The number of alkyl halides is 1. The zero-order valence-corrected chi connectivity index (χ0v) is 15.2. The molecular weight excluding hydrogens is 363 g/mol. The second-order valence-corrected chi connectivity index (χ2v) is 6.15. The number of methoxy groups -OCH3 is 1. The summed E-state index contributed by atoms with van der Waals surface area (Å²) in [5, 5.41) is 16.5. The molecule has 130 valence electrons. The van der Waals surface area contributed by atoms with Crippen LogP contribution in [-0.4, -0.2) is 28.1 Å². The van der Waals surface area contributed by atoms with Gasteiger partial charge in [-0.25, -0.2) is 0 Å². The van der Waals surface area contributed by atoms with Crippen LogP contribution in [0.1, 0.15) is 13.3 Å². The van der Waals surface area contributed by atoms with E-state index in [9.17, 15) is 0 Å². The highest BCUT2D eigenvalue weighted by molar-refractivity contribution is 6.30. The minimum atomic E-state index is -0.454. The zero-order chi connectivity index (χ0) is 17.8. The number of halogens is 2. The van der Waals surface area contributed by atoms with E-state index >= 15 is 0 Å². The molecule has 25 heavy (non-hydrogen) atoms. The van der Waals surface area contributed by atoms with Crippen LogP contribution in [0.15, 0.2) is 36.4 Å². The Balaban J connectivity index is 2.03. The summed E-state index contributed by atoms with van der Waals surface area (Å²) in [4.78, 5) is 0. The third kappa shape index (κ3) is 4.03. The molecule has 1 N–H and O–H groups in total. The molecule has 0 aliphatic rings. The Kier molecular flexibility index (Phi) is 5.40. The van der Waals surface area contributed by atoms with Gasteiger partial charge in [-0.1, -0.05) is 36.2 Å². The molecule has 3 aromatic rings. The lowest BCUT2D eigenvalue weighted by Gasteiger charge is -2.15. The molecule has 0 radical (unpaired) electrons. The Bertz CT molecular complexity index is 892. The number of anilines is 2. The van der Waals surface area contributed by atoms with Crippen LogP contribution in [0.5, 0.6) is 11.5 Å². The molecule has 1 heterocycles. The zero-order valence-electron chi connectivity index (χ0n) is 13.7. The Morgan fingerprint density at radius 3 is 2.72 bits per heavy atom. The smallest absolute Gasteiger partial charge is 0.172 e. The SMILES string of the molecule is CCC(Cl)Oc1cc2nnnc(Nc3cccc(Cl)c3)c2cc1OC. The van der Waals surface area contributed by atoms with Crippen LogP contribution in [0.2, 0.25) is 5.02 Å². The maximum absolute atomic E-state index is 6.08. The molecule has 0 aliphatic carbocycles. The van der Waals surface area contributed by atoms with E-state index in [1.165, 1.54) is 0 Å². The number of aromatic nitrogens is 3. The number of rotatable bonds is 6. The van der Waals surface area contributed by atoms with E-state index in [4.69, 9.17) is 32.7 Å². The summed E-state index contributed by atoms with van der Waals surface area (Å²) in [5.74, 6) is 1.58. The van der Waals surface area contributed by atoms with Crippen LogP contribution < -0.4 is 14.8 Å². The maximum Gasteiger partial charge on any atom is 0.172 e. The van der Waals surface area contributed by atoms with E-state index in [0.29, 0.717) is 34.3 Å². The summed E-state index contributed by atoms with van der Waals surface area (Å²) in [6.45, 7) is 1.93. The van der Waals surface area contributed by atoms with E-state index in [-0.39, 0.29) is 0 Å². The van der Waals surface area contributed by atoms with Crippen molar-refractivity contribution in [3.63, 3.8) is 0 Å². The first-order valence-electron chi connectivity index (χ1n) is 7.65.